The quantitative estimate of drug-likeness (QED) is 0.873. The van der Waals surface area contributed by atoms with Gasteiger partial charge in [0, 0.05) is 10.5 Å². The molecular formula is C16H21N3OS. The molecule has 4 nitrogen and oxygen atoms in total. The minimum atomic E-state index is -0.423. The van der Waals surface area contributed by atoms with Crippen LogP contribution in [0.1, 0.15) is 38.4 Å². The van der Waals surface area contributed by atoms with Crippen LogP contribution < -0.4 is 5.73 Å². The summed E-state index contributed by atoms with van der Waals surface area (Å²) in [4.78, 5) is 5.76. The molecule has 1 aliphatic rings. The second-order valence-electron chi connectivity index (χ2n) is 5.99. The molecule has 0 unspecified atom stereocenters. The Hall–Kier alpha value is -1.33. The largest absolute Gasteiger partial charge is 0.334 e. The van der Waals surface area contributed by atoms with E-state index in [0.29, 0.717) is 11.7 Å². The number of nitrogens with two attached hydrogens (primary N) is 1. The summed E-state index contributed by atoms with van der Waals surface area (Å²) in [6.07, 6.45) is 6.17. The Bertz CT molecular complexity index is 600. The highest BCUT2D eigenvalue weighted by molar-refractivity contribution is 7.98. The summed E-state index contributed by atoms with van der Waals surface area (Å²) in [5.41, 5.74) is 7.01. The molecule has 1 aliphatic carbocycles. The summed E-state index contributed by atoms with van der Waals surface area (Å²) in [5.74, 6) is 1.95. The van der Waals surface area contributed by atoms with Crippen LogP contribution in [0.25, 0.3) is 11.5 Å². The summed E-state index contributed by atoms with van der Waals surface area (Å²) in [6, 6.07) is 8.14. The average molecular weight is 303 g/mol. The first kappa shape index (κ1) is 14.6. The van der Waals surface area contributed by atoms with Gasteiger partial charge in [-0.15, -0.1) is 11.8 Å². The van der Waals surface area contributed by atoms with Crippen molar-refractivity contribution < 1.29 is 4.52 Å². The molecule has 2 N–H and O–H groups in total. The number of hydrogen-bond acceptors (Lipinski definition) is 5. The maximum atomic E-state index is 6.49. The summed E-state index contributed by atoms with van der Waals surface area (Å²) in [6.45, 7) is 2.27. The lowest BCUT2D eigenvalue weighted by atomic mass is 9.77. The lowest BCUT2D eigenvalue weighted by Crippen LogP contribution is -2.41. The maximum absolute atomic E-state index is 6.49. The van der Waals surface area contributed by atoms with Crippen LogP contribution in [0, 0.1) is 5.92 Å². The molecule has 0 atom stereocenters. The Labute approximate surface area is 129 Å². The molecule has 1 aromatic heterocycles. The number of aromatic nitrogens is 2. The van der Waals surface area contributed by atoms with E-state index in [9.17, 15) is 0 Å². The molecular weight excluding hydrogens is 282 g/mol. The van der Waals surface area contributed by atoms with Crippen LogP contribution in [0.5, 0.6) is 0 Å². The zero-order valence-electron chi connectivity index (χ0n) is 12.5. The Balaban J connectivity index is 1.82. The van der Waals surface area contributed by atoms with E-state index in [0.717, 1.165) is 37.2 Å². The molecule has 0 bridgehead atoms. The molecule has 0 spiro atoms. The lowest BCUT2D eigenvalue weighted by Gasteiger charge is -2.33. The Morgan fingerprint density at radius 3 is 2.52 bits per heavy atom. The van der Waals surface area contributed by atoms with Crippen LogP contribution >= 0.6 is 11.8 Å². The van der Waals surface area contributed by atoms with Crippen molar-refractivity contribution >= 4 is 11.8 Å². The van der Waals surface area contributed by atoms with Crippen LogP contribution in [0.3, 0.4) is 0 Å². The van der Waals surface area contributed by atoms with Crippen molar-refractivity contribution in [2.45, 2.75) is 43.0 Å². The standard InChI is InChI=1S/C16H21N3OS/c1-11-7-9-16(17,10-8-11)15-18-14(20-19-15)12-3-5-13(21-2)6-4-12/h3-6,11H,7-10,17H2,1-2H3. The molecule has 1 saturated carbocycles. The van der Waals surface area contributed by atoms with E-state index in [-0.39, 0.29) is 0 Å². The van der Waals surface area contributed by atoms with Crippen LogP contribution in [-0.2, 0) is 5.54 Å². The van der Waals surface area contributed by atoms with Crippen molar-refractivity contribution in [2.75, 3.05) is 6.26 Å². The summed E-state index contributed by atoms with van der Waals surface area (Å²) < 4.78 is 5.42. The molecule has 112 valence electrons. The van der Waals surface area contributed by atoms with Crippen molar-refractivity contribution in [3.8, 4) is 11.5 Å². The van der Waals surface area contributed by atoms with Crippen LogP contribution in [0.15, 0.2) is 33.7 Å². The fourth-order valence-electron chi connectivity index (χ4n) is 2.78. The Morgan fingerprint density at radius 1 is 1.24 bits per heavy atom. The first-order valence-electron chi connectivity index (χ1n) is 7.38. The molecule has 21 heavy (non-hydrogen) atoms. The highest BCUT2D eigenvalue weighted by Crippen LogP contribution is 2.36. The predicted molar refractivity (Wildman–Crippen MR) is 85.0 cm³/mol. The second kappa shape index (κ2) is 5.81. The van der Waals surface area contributed by atoms with Crippen molar-refractivity contribution in [3.05, 3.63) is 30.1 Å². The Kier molecular flexibility index (Phi) is 4.04. The van der Waals surface area contributed by atoms with Gasteiger partial charge in [-0.1, -0.05) is 12.1 Å². The van der Waals surface area contributed by atoms with E-state index in [1.54, 1.807) is 11.8 Å². The molecule has 3 rings (SSSR count). The van der Waals surface area contributed by atoms with Gasteiger partial charge in [-0.25, -0.2) is 0 Å². The predicted octanol–water partition coefficient (Wildman–Crippen LogP) is 3.82. The van der Waals surface area contributed by atoms with Crippen molar-refractivity contribution in [1.82, 2.24) is 10.1 Å². The summed E-state index contributed by atoms with van der Waals surface area (Å²) in [5, 5.41) is 4.14. The molecule has 1 fully saturated rings. The number of thioether (sulfide) groups is 1. The Morgan fingerprint density at radius 2 is 1.90 bits per heavy atom. The second-order valence-corrected chi connectivity index (χ2v) is 6.87. The molecule has 5 heteroatoms. The van der Waals surface area contributed by atoms with Gasteiger partial charge in [0.25, 0.3) is 5.89 Å². The van der Waals surface area contributed by atoms with Gasteiger partial charge in [0.1, 0.15) is 0 Å². The third-order valence-electron chi connectivity index (χ3n) is 4.37. The van der Waals surface area contributed by atoms with Gasteiger partial charge in [0.15, 0.2) is 5.82 Å². The van der Waals surface area contributed by atoms with E-state index in [4.69, 9.17) is 10.3 Å². The van der Waals surface area contributed by atoms with Gasteiger partial charge >= 0.3 is 0 Å². The third kappa shape index (κ3) is 2.99. The first-order chi connectivity index (χ1) is 10.1. The maximum Gasteiger partial charge on any atom is 0.257 e. The zero-order chi connectivity index (χ0) is 14.9. The fourth-order valence-corrected chi connectivity index (χ4v) is 3.19. The van der Waals surface area contributed by atoms with Crippen LogP contribution in [0.4, 0.5) is 0 Å². The van der Waals surface area contributed by atoms with Crippen molar-refractivity contribution in [3.63, 3.8) is 0 Å². The highest BCUT2D eigenvalue weighted by Gasteiger charge is 2.36. The van der Waals surface area contributed by atoms with Gasteiger partial charge in [-0.05, 0) is 62.1 Å². The fraction of sp³-hybridized carbons (Fsp3) is 0.500. The van der Waals surface area contributed by atoms with Gasteiger partial charge in [0.2, 0.25) is 0 Å². The summed E-state index contributed by atoms with van der Waals surface area (Å²) in [7, 11) is 0. The van der Waals surface area contributed by atoms with Gasteiger partial charge < -0.3 is 10.3 Å². The van der Waals surface area contributed by atoms with E-state index >= 15 is 0 Å². The molecule has 0 aliphatic heterocycles. The molecule has 0 amide bonds. The minimum absolute atomic E-state index is 0.423. The SMILES string of the molecule is CSc1ccc(-c2nc(C3(N)CCC(C)CC3)no2)cc1. The monoisotopic (exact) mass is 303 g/mol. The number of hydrogen-bond donors (Lipinski definition) is 1. The topological polar surface area (TPSA) is 64.9 Å². The van der Waals surface area contributed by atoms with E-state index in [1.807, 2.05) is 12.1 Å². The van der Waals surface area contributed by atoms with Crippen LogP contribution in [-0.4, -0.2) is 16.4 Å². The third-order valence-corrected chi connectivity index (χ3v) is 5.12. The highest BCUT2D eigenvalue weighted by atomic mass is 32.2. The number of rotatable bonds is 3. The zero-order valence-corrected chi connectivity index (χ0v) is 13.3. The molecule has 1 heterocycles. The van der Waals surface area contributed by atoms with E-state index in [1.165, 1.54) is 4.90 Å². The van der Waals surface area contributed by atoms with Gasteiger partial charge in [0.05, 0.1) is 5.54 Å². The molecule has 1 aromatic carbocycles. The normalized spacial score (nSPS) is 26.0. The molecule has 0 saturated heterocycles. The molecule has 0 radical (unpaired) electrons. The van der Waals surface area contributed by atoms with Gasteiger partial charge in [-0.3, -0.25) is 0 Å². The molecule has 2 aromatic rings. The van der Waals surface area contributed by atoms with Crippen molar-refractivity contribution in [1.29, 1.82) is 0 Å². The summed E-state index contributed by atoms with van der Waals surface area (Å²) >= 11 is 1.71. The number of benzene rings is 1. The van der Waals surface area contributed by atoms with Gasteiger partial charge in [-0.2, -0.15) is 4.98 Å². The van der Waals surface area contributed by atoms with E-state index < -0.39 is 5.54 Å². The van der Waals surface area contributed by atoms with E-state index in [2.05, 4.69) is 35.5 Å². The minimum Gasteiger partial charge on any atom is -0.334 e. The smallest absolute Gasteiger partial charge is 0.257 e. The average Bonchev–Trinajstić information content (AvgIpc) is 3.01. The number of nitrogens with zero attached hydrogens (tertiary/aromatic N) is 2. The first-order valence-corrected chi connectivity index (χ1v) is 8.61. The van der Waals surface area contributed by atoms with Crippen molar-refractivity contribution in [2.24, 2.45) is 11.7 Å². The lowest BCUT2D eigenvalue weighted by molar-refractivity contribution is 0.230. The van der Waals surface area contributed by atoms with Crippen LogP contribution in [0.2, 0.25) is 0 Å².